The lowest BCUT2D eigenvalue weighted by atomic mass is 9.98. The van der Waals surface area contributed by atoms with E-state index in [1.54, 1.807) is 91.1 Å². The summed E-state index contributed by atoms with van der Waals surface area (Å²) >= 11 is 4.27. The van der Waals surface area contributed by atoms with Gasteiger partial charge in [-0.3, -0.25) is 9.59 Å². The number of para-hydroxylation sites is 1. The van der Waals surface area contributed by atoms with E-state index >= 15 is 0 Å². The van der Waals surface area contributed by atoms with Crippen molar-refractivity contribution >= 4 is 36.2 Å². The highest BCUT2D eigenvalue weighted by atomic mass is 32.1. The van der Waals surface area contributed by atoms with E-state index in [0.717, 1.165) is 0 Å². The first kappa shape index (κ1) is 29.8. The number of ether oxygens (including phenoxy) is 2. The molecule has 2 rings (SSSR count). The Kier molecular flexibility index (Phi) is 10.2. The van der Waals surface area contributed by atoms with Gasteiger partial charge in [-0.2, -0.15) is 12.6 Å². The SMILES string of the molecule is COc1ccc(NC(=O)C(c2cccc(C)c2O)N(C(=O)C(CS)NC(=O)OC(C)(C)C)C(C)C)cc1. The molecule has 0 saturated heterocycles. The number of rotatable bonds is 9. The van der Waals surface area contributed by atoms with Gasteiger partial charge in [-0.1, -0.05) is 18.2 Å². The van der Waals surface area contributed by atoms with E-state index in [1.165, 1.54) is 4.90 Å². The third-order valence-electron chi connectivity index (χ3n) is 5.43. The van der Waals surface area contributed by atoms with E-state index < -0.39 is 41.6 Å². The standard InChI is InChI=1S/C27H37N3O6S/c1-16(2)30(25(33)21(15-37)29-26(34)36-27(4,5)6)22(20-10-8-9-17(3)23(20)31)24(32)28-18-11-13-19(35-7)14-12-18/h8-14,16,21-22,31,37H,15H2,1-7H3,(H,28,32)(H,29,34). The molecule has 0 saturated carbocycles. The van der Waals surface area contributed by atoms with Crippen LogP contribution >= 0.6 is 12.6 Å². The molecular weight excluding hydrogens is 494 g/mol. The Balaban J connectivity index is 2.50. The zero-order valence-corrected chi connectivity index (χ0v) is 23.3. The van der Waals surface area contributed by atoms with Crippen molar-refractivity contribution in [2.45, 2.75) is 65.3 Å². The fraction of sp³-hybridized carbons (Fsp3) is 0.444. The van der Waals surface area contributed by atoms with E-state index in [9.17, 15) is 19.5 Å². The molecule has 0 aliphatic heterocycles. The predicted octanol–water partition coefficient (Wildman–Crippen LogP) is 4.45. The molecular formula is C27H37N3O6S. The van der Waals surface area contributed by atoms with Gasteiger partial charge in [-0.05, 0) is 71.4 Å². The lowest BCUT2D eigenvalue weighted by molar-refractivity contribution is -0.142. The predicted molar refractivity (Wildman–Crippen MR) is 146 cm³/mol. The molecule has 2 aromatic carbocycles. The number of benzene rings is 2. The molecule has 0 spiro atoms. The largest absolute Gasteiger partial charge is 0.507 e. The summed E-state index contributed by atoms with van der Waals surface area (Å²) < 4.78 is 10.5. The first-order chi connectivity index (χ1) is 17.3. The molecule has 9 nitrogen and oxygen atoms in total. The zero-order valence-electron chi connectivity index (χ0n) is 22.4. The number of carbonyl (C=O) groups excluding carboxylic acids is 3. The number of aromatic hydroxyl groups is 1. The van der Waals surface area contributed by atoms with E-state index in [0.29, 0.717) is 17.0 Å². The van der Waals surface area contributed by atoms with Gasteiger partial charge in [-0.15, -0.1) is 0 Å². The quantitative estimate of drug-likeness (QED) is 0.355. The summed E-state index contributed by atoms with van der Waals surface area (Å²) in [6.07, 6.45) is -0.777. The Bertz CT molecular complexity index is 1100. The minimum Gasteiger partial charge on any atom is -0.507 e. The van der Waals surface area contributed by atoms with Crippen molar-refractivity contribution in [2.24, 2.45) is 0 Å². The molecule has 2 atom stereocenters. The minimum absolute atomic E-state index is 0.0338. The Hall–Kier alpha value is -3.40. The van der Waals surface area contributed by atoms with Gasteiger partial charge < -0.3 is 30.1 Å². The second-order valence-electron chi connectivity index (χ2n) is 9.85. The summed E-state index contributed by atoms with van der Waals surface area (Å²) in [4.78, 5) is 41.3. The van der Waals surface area contributed by atoms with Gasteiger partial charge in [0, 0.05) is 23.0 Å². The summed E-state index contributed by atoms with van der Waals surface area (Å²) in [5, 5.41) is 16.3. The summed E-state index contributed by atoms with van der Waals surface area (Å²) in [5.41, 5.74) is 0.522. The highest BCUT2D eigenvalue weighted by molar-refractivity contribution is 7.80. The molecule has 3 amide bonds. The van der Waals surface area contributed by atoms with Crippen LogP contribution in [0.4, 0.5) is 10.5 Å². The van der Waals surface area contributed by atoms with Crippen LogP contribution in [0, 0.1) is 6.92 Å². The Morgan fingerprint density at radius 3 is 2.22 bits per heavy atom. The number of hydrogen-bond donors (Lipinski definition) is 4. The van der Waals surface area contributed by atoms with Crippen molar-refractivity contribution < 1.29 is 29.0 Å². The molecule has 0 bridgehead atoms. The molecule has 0 aliphatic rings. The second kappa shape index (κ2) is 12.7. The van der Waals surface area contributed by atoms with Crippen molar-refractivity contribution in [1.29, 1.82) is 0 Å². The first-order valence-electron chi connectivity index (χ1n) is 11.9. The molecule has 0 aliphatic carbocycles. The van der Waals surface area contributed by atoms with Crippen LogP contribution in [0.3, 0.4) is 0 Å². The van der Waals surface area contributed by atoms with E-state index in [1.807, 2.05) is 0 Å². The Labute approximate surface area is 223 Å². The van der Waals surface area contributed by atoms with Gasteiger partial charge in [0.25, 0.3) is 5.91 Å². The third kappa shape index (κ3) is 8.04. The molecule has 2 aromatic rings. The maximum Gasteiger partial charge on any atom is 0.408 e. The number of hydrogen-bond acceptors (Lipinski definition) is 7. The maximum atomic E-state index is 13.8. The third-order valence-corrected chi connectivity index (χ3v) is 5.80. The average Bonchev–Trinajstić information content (AvgIpc) is 2.81. The van der Waals surface area contributed by atoms with Crippen molar-refractivity contribution in [2.75, 3.05) is 18.2 Å². The van der Waals surface area contributed by atoms with Crippen LogP contribution < -0.4 is 15.4 Å². The fourth-order valence-electron chi connectivity index (χ4n) is 3.70. The second-order valence-corrected chi connectivity index (χ2v) is 10.2. The molecule has 37 heavy (non-hydrogen) atoms. The number of nitrogens with zero attached hydrogens (tertiary/aromatic N) is 1. The number of phenols is 1. The number of nitrogens with one attached hydrogen (secondary N) is 2. The van der Waals surface area contributed by atoms with Crippen molar-refractivity contribution in [3.05, 3.63) is 53.6 Å². The Morgan fingerprint density at radius 2 is 1.70 bits per heavy atom. The van der Waals surface area contributed by atoms with Gasteiger partial charge in [0.1, 0.15) is 29.2 Å². The van der Waals surface area contributed by atoms with Crippen LogP contribution in [-0.4, -0.2) is 58.5 Å². The lowest BCUT2D eigenvalue weighted by Gasteiger charge is -2.37. The van der Waals surface area contributed by atoms with Crippen LogP contribution in [0.15, 0.2) is 42.5 Å². The number of alkyl carbamates (subject to hydrolysis) is 1. The first-order valence-corrected chi connectivity index (χ1v) is 12.6. The Morgan fingerprint density at radius 1 is 1.08 bits per heavy atom. The number of methoxy groups -OCH3 is 1. The molecule has 2 unspecified atom stereocenters. The molecule has 202 valence electrons. The topological polar surface area (TPSA) is 117 Å². The number of anilines is 1. The zero-order chi connectivity index (χ0) is 27.9. The van der Waals surface area contributed by atoms with Gasteiger partial charge in [0.05, 0.1) is 7.11 Å². The van der Waals surface area contributed by atoms with Gasteiger partial charge in [0.2, 0.25) is 5.91 Å². The molecule has 3 N–H and O–H groups in total. The fourth-order valence-corrected chi connectivity index (χ4v) is 3.95. The van der Waals surface area contributed by atoms with Gasteiger partial charge in [0.15, 0.2) is 0 Å². The molecule has 0 heterocycles. The van der Waals surface area contributed by atoms with Crippen LogP contribution in [0.1, 0.15) is 51.8 Å². The summed E-state index contributed by atoms with van der Waals surface area (Å²) in [6.45, 7) is 10.3. The smallest absolute Gasteiger partial charge is 0.408 e. The average molecular weight is 532 g/mol. The maximum absolute atomic E-state index is 13.8. The van der Waals surface area contributed by atoms with Crippen molar-refractivity contribution in [1.82, 2.24) is 10.2 Å². The number of thiol groups is 1. The molecule has 0 fully saturated rings. The number of amides is 3. The number of aryl methyl sites for hydroxylation is 1. The van der Waals surface area contributed by atoms with Crippen LogP contribution in [0.5, 0.6) is 11.5 Å². The van der Waals surface area contributed by atoms with Crippen LogP contribution in [-0.2, 0) is 14.3 Å². The monoisotopic (exact) mass is 531 g/mol. The normalized spacial score (nSPS) is 12.9. The highest BCUT2D eigenvalue weighted by Gasteiger charge is 2.38. The lowest BCUT2D eigenvalue weighted by Crippen LogP contribution is -2.55. The molecule has 10 heteroatoms. The van der Waals surface area contributed by atoms with Gasteiger partial charge in [-0.25, -0.2) is 4.79 Å². The van der Waals surface area contributed by atoms with Crippen LogP contribution in [0.2, 0.25) is 0 Å². The number of phenolic OH excluding ortho intramolecular Hbond substituents is 1. The molecule has 0 radical (unpaired) electrons. The minimum atomic E-state index is -1.21. The molecule has 0 aromatic heterocycles. The van der Waals surface area contributed by atoms with Crippen molar-refractivity contribution in [3.63, 3.8) is 0 Å². The van der Waals surface area contributed by atoms with Crippen molar-refractivity contribution in [3.8, 4) is 11.5 Å². The summed E-state index contributed by atoms with van der Waals surface area (Å²) in [7, 11) is 1.54. The summed E-state index contributed by atoms with van der Waals surface area (Å²) in [6, 6.07) is 8.97. The van der Waals surface area contributed by atoms with Crippen LogP contribution in [0.25, 0.3) is 0 Å². The number of carbonyl (C=O) groups is 3. The van der Waals surface area contributed by atoms with E-state index in [2.05, 4.69) is 23.3 Å². The van der Waals surface area contributed by atoms with Gasteiger partial charge >= 0.3 is 6.09 Å². The highest BCUT2D eigenvalue weighted by Crippen LogP contribution is 2.34. The van der Waals surface area contributed by atoms with E-state index in [-0.39, 0.29) is 17.1 Å². The van der Waals surface area contributed by atoms with E-state index in [4.69, 9.17) is 9.47 Å². The summed E-state index contributed by atoms with van der Waals surface area (Å²) in [5.74, 6) is -0.600.